The van der Waals surface area contributed by atoms with Crippen LogP contribution in [0.1, 0.15) is 44.7 Å². The number of hydrogen-bond donors (Lipinski definition) is 1. The molecule has 0 aliphatic carbocycles. The van der Waals surface area contributed by atoms with Crippen LogP contribution >= 0.6 is 27.7 Å². The Kier molecular flexibility index (Phi) is 5.63. The maximum atomic E-state index is 11.5. The minimum Gasteiger partial charge on any atom is -0.480 e. The number of rotatable bonds is 6. The van der Waals surface area contributed by atoms with Gasteiger partial charge in [-0.3, -0.25) is 9.36 Å². The predicted octanol–water partition coefficient (Wildman–Crippen LogP) is 5.32. The number of aliphatic carboxylic acids is 1. The quantitative estimate of drug-likeness (QED) is 0.517. The first kappa shape index (κ1) is 19.9. The number of benzene rings is 2. The van der Waals surface area contributed by atoms with Crippen LogP contribution in [-0.4, -0.2) is 30.6 Å². The second-order valence-electron chi connectivity index (χ2n) is 7.27. The van der Waals surface area contributed by atoms with Gasteiger partial charge in [-0.25, -0.2) is 0 Å². The zero-order valence-electron chi connectivity index (χ0n) is 15.7. The number of thioether (sulfide) groups is 1. The summed E-state index contributed by atoms with van der Waals surface area (Å²) in [5.41, 5.74) is 2.46. The third-order valence-corrected chi connectivity index (χ3v) is 6.29. The first-order valence-corrected chi connectivity index (χ1v) is 10.3. The largest absolute Gasteiger partial charge is 0.480 e. The van der Waals surface area contributed by atoms with Gasteiger partial charge in [0.1, 0.15) is 4.75 Å². The van der Waals surface area contributed by atoms with E-state index in [9.17, 15) is 9.90 Å². The molecule has 0 fully saturated rings. The van der Waals surface area contributed by atoms with Crippen molar-refractivity contribution in [2.24, 2.45) is 0 Å². The lowest BCUT2D eigenvalue weighted by Crippen LogP contribution is -2.27. The Hall–Kier alpha value is -1.86. The second-order valence-corrected chi connectivity index (χ2v) is 9.57. The highest BCUT2D eigenvalue weighted by Gasteiger charge is 2.31. The Balaban J connectivity index is 2.03. The molecule has 0 amide bonds. The van der Waals surface area contributed by atoms with Gasteiger partial charge in [0.15, 0.2) is 5.16 Å². The Morgan fingerprint density at radius 1 is 1.19 bits per heavy atom. The maximum absolute atomic E-state index is 11.5. The van der Waals surface area contributed by atoms with Crippen LogP contribution < -0.4 is 0 Å². The lowest BCUT2D eigenvalue weighted by Gasteiger charge is -2.19. The Morgan fingerprint density at radius 2 is 1.85 bits per heavy atom. The standard InChI is InChI=1S/C20H22BrN3O2S/c1-12(2)14-10-9-13(15-7-5-6-8-16(14)15)11-24-18(21)22-23-19(24)27-20(3,4)17(25)26/h5-10,12H,11H2,1-4H3,(H,25,26). The number of halogens is 1. The Morgan fingerprint density at radius 3 is 2.48 bits per heavy atom. The van der Waals surface area contributed by atoms with Gasteiger partial charge >= 0.3 is 5.97 Å². The van der Waals surface area contributed by atoms with E-state index in [0.717, 1.165) is 5.56 Å². The SMILES string of the molecule is CC(C)c1ccc(Cn2c(Br)nnc2SC(C)(C)C(=O)O)c2ccccc12. The van der Waals surface area contributed by atoms with Gasteiger partial charge in [0, 0.05) is 0 Å². The average Bonchev–Trinajstić information content (AvgIpc) is 2.94. The summed E-state index contributed by atoms with van der Waals surface area (Å²) in [6.07, 6.45) is 0. The van der Waals surface area contributed by atoms with Crippen molar-refractivity contribution >= 4 is 44.4 Å². The van der Waals surface area contributed by atoms with E-state index in [1.54, 1.807) is 13.8 Å². The van der Waals surface area contributed by atoms with Crippen LogP contribution in [0, 0.1) is 0 Å². The van der Waals surface area contributed by atoms with E-state index in [2.05, 4.69) is 70.3 Å². The third kappa shape index (κ3) is 4.04. The van der Waals surface area contributed by atoms with Crippen molar-refractivity contribution in [2.45, 2.75) is 50.1 Å². The summed E-state index contributed by atoms with van der Waals surface area (Å²) in [5, 5.41) is 20.7. The molecular weight excluding hydrogens is 426 g/mol. The molecule has 142 valence electrons. The molecular formula is C20H22BrN3O2S. The molecule has 3 aromatic rings. The molecule has 0 bridgehead atoms. The number of carboxylic acids is 1. The van der Waals surface area contributed by atoms with Crippen molar-refractivity contribution in [1.82, 2.24) is 14.8 Å². The van der Waals surface area contributed by atoms with Crippen LogP contribution in [0.3, 0.4) is 0 Å². The molecule has 1 heterocycles. The van der Waals surface area contributed by atoms with Crippen LogP contribution in [0.15, 0.2) is 46.3 Å². The molecule has 0 spiro atoms. The van der Waals surface area contributed by atoms with Gasteiger partial charge in [-0.15, -0.1) is 10.2 Å². The lowest BCUT2D eigenvalue weighted by molar-refractivity contribution is -0.138. The van der Waals surface area contributed by atoms with Crippen LogP contribution in [0.25, 0.3) is 10.8 Å². The molecule has 5 nitrogen and oxygen atoms in total. The van der Waals surface area contributed by atoms with Crippen LogP contribution in [0.2, 0.25) is 0 Å². The van der Waals surface area contributed by atoms with E-state index >= 15 is 0 Å². The fourth-order valence-electron chi connectivity index (χ4n) is 2.95. The van der Waals surface area contributed by atoms with Gasteiger partial charge in [0.05, 0.1) is 6.54 Å². The topological polar surface area (TPSA) is 68.0 Å². The summed E-state index contributed by atoms with van der Waals surface area (Å²) in [6, 6.07) is 12.7. The van der Waals surface area contributed by atoms with Crippen molar-refractivity contribution in [1.29, 1.82) is 0 Å². The lowest BCUT2D eigenvalue weighted by atomic mass is 9.93. The highest BCUT2D eigenvalue weighted by atomic mass is 79.9. The summed E-state index contributed by atoms with van der Waals surface area (Å²) in [4.78, 5) is 11.5. The van der Waals surface area contributed by atoms with Crippen LogP contribution in [-0.2, 0) is 11.3 Å². The number of fused-ring (bicyclic) bond motifs is 1. The molecule has 0 atom stereocenters. The minimum atomic E-state index is -0.992. The molecule has 3 rings (SSSR count). The molecule has 7 heteroatoms. The molecule has 0 saturated carbocycles. The predicted molar refractivity (Wildman–Crippen MR) is 112 cm³/mol. The average molecular weight is 448 g/mol. The van der Waals surface area contributed by atoms with E-state index in [4.69, 9.17) is 0 Å². The molecule has 1 N–H and O–H groups in total. The van der Waals surface area contributed by atoms with Gasteiger partial charge in [-0.05, 0) is 57.6 Å². The van der Waals surface area contributed by atoms with Crippen molar-refractivity contribution in [3.05, 3.63) is 52.3 Å². The number of aromatic nitrogens is 3. The molecule has 0 aliphatic heterocycles. The zero-order chi connectivity index (χ0) is 19.8. The molecule has 27 heavy (non-hydrogen) atoms. The number of carbonyl (C=O) groups is 1. The van der Waals surface area contributed by atoms with Crippen molar-refractivity contribution < 1.29 is 9.90 Å². The Labute approximate surface area is 171 Å². The summed E-state index contributed by atoms with van der Waals surface area (Å²) in [5.74, 6) is -0.446. The second kappa shape index (κ2) is 7.64. The van der Waals surface area contributed by atoms with Crippen LogP contribution in [0.4, 0.5) is 0 Å². The van der Waals surface area contributed by atoms with E-state index in [0.29, 0.717) is 22.4 Å². The first-order valence-electron chi connectivity index (χ1n) is 8.72. The molecule has 2 aromatic carbocycles. The maximum Gasteiger partial charge on any atom is 0.319 e. The monoisotopic (exact) mass is 447 g/mol. The first-order chi connectivity index (χ1) is 12.7. The third-order valence-electron chi connectivity index (χ3n) is 4.53. The van der Waals surface area contributed by atoms with Crippen LogP contribution in [0.5, 0.6) is 0 Å². The summed E-state index contributed by atoms with van der Waals surface area (Å²) >= 11 is 4.64. The number of hydrogen-bond acceptors (Lipinski definition) is 4. The number of nitrogens with zero attached hydrogens (tertiary/aromatic N) is 3. The van der Waals surface area contributed by atoms with E-state index in [-0.39, 0.29) is 0 Å². The van der Waals surface area contributed by atoms with Crippen molar-refractivity contribution in [3.8, 4) is 0 Å². The summed E-state index contributed by atoms with van der Waals surface area (Å²) in [7, 11) is 0. The number of carboxylic acid groups (broad SMARTS) is 1. The minimum absolute atomic E-state index is 0.438. The van der Waals surface area contributed by atoms with Gasteiger partial charge in [-0.1, -0.05) is 62.0 Å². The molecule has 0 radical (unpaired) electrons. The molecule has 0 aliphatic rings. The molecule has 0 unspecified atom stereocenters. The highest BCUT2D eigenvalue weighted by Crippen LogP contribution is 2.34. The molecule has 0 saturated heterocycles. The smallest absolute Gasteiger partial charge is 0.319 e. The fraction of sp³-hybridized carbons (Fsp3) is 0.350. The van der Waals surface area contributed by atoms with Gasteiger partial charge in [0.25, 0.3) is 0 Å². The highest BCUT2D eigenvalue weighted by molar-refractivity contribution is 9.10. The van der Waals surface area contributed by atoms with Crippen molar-refractivity contribution in [2.75, 3.05) is 0 Å². The normalized spacial score (nSPS) is 12.1. The zero-order valence-corrected chi connectivity index (χ0v) is 18.1. The van der Waals surface area contributed by atoms with Crippen molar-refractivity contribution in [3.63, 3.8) is 0 Å². The fourth-order valence-corrected chi connectivity index (χ4v) is 4.32. The van der Waals surface area contributed by atoms with E-state index in [1.165, 1.54) is 28.1 Å². The van der Waals surface area contributed by atoms with E-state index < -0.39 is 10.7 Å². The van der Waals surface area contributed by atoms with Gasteiger partial charge < -0.3 is 5.11 Å². The molecule has 1 aromatic heterocycles. The van der Waals surface area contributed by atoms with Gasteiger partial charge in [-0.2, -0.15) is 0 Å². The van der Waals surface area contributed by atoms with Gasteiger partial charge in [0.2, 0.25) is 4.73 Å². The Bertz CT molecular complexity index is 998. The summed E-state index contributed by atoms with van der Waals surface area (Å²) < 4.78 is 1.50. The van der Waals surface area contributed by atoms with E-state index in [1.807, 2.05) is 10.6 Å². The summed E-state index contributed by atoms with van der Waals surface area (Å²) in [6.45, 7) is 8.28.